The molecule has 3 nitrogen and oxygen atoms in total. The van der Waals surface area contributed by atoms with E-state index in [-0.39, 0.29) is 5.82 Å². The standard InChI is InChI=1S/C16H11FN2OS/c17-12-5-3-11(4-6-12)15-14-7-9-21-16(14)19-8-1-2-13(19)10-20-18-15/h1-9H,10H2/b18-15-. The van der Waals surface area contributed by atoms with E-state index in [1.54, 1.807) is 23.5 Å². The van der Waals surface area contributed by atoms with Gasteiger partial charge in [0.15, 0.2) is 6.61 Å². The first kappa shape index (κ1) is 12.3. The summed E-state index contributed by atoms with van der Waals surface area (Å²) in [6.45, 7) is 0.412. The maximum absolute atomic E-state index is 13.1. The number of fused-ring (bicyclic) bond motifs is 3. The van der Waals surface area contributed by atoms with E-state index in [9.17, 15) is 4.39 Å². The van der Waals surface area contributed by atoms with Crippen LogP contribution in [0.5, 0.6) is 0 Å². The molecule has 0 saturated carbocycles. The smallest absolute Gasteiger partial charge is 0.157 e. The van der Waals surface area contributed by atoms with Gasteiger partial charge in [0.2, 0.25) is 0 Å². The molecule has 0 aliphatic carbocycles. The van der Waals surface area contributed by atoms with Crippen molar-refractivity contribution < 1.29 is 9.23 Å². The van der Waals surface area contributed by atoms with Gasteiger partial charge in [-0.1, -0.05) is 5.16 Å². The van der Waals surface area contributed by atoms with Gasteiger partial charge in [-0.15, -0.1) is 11.3 Å². The third kappa shape index (κ3) is 2.06. The number of halogens is 1. The highest BCUT2D eigenvalue weighted by Gasteiger charge is 2.19. The Hall–Kier alpha value is -2.40. The fraction of sp³-hybridized carbons (Fsp3) is 0.0625. The van der Waals surface area contributed by atoms with Crippen molar-refractivity contribution in [2.45, 2.75) is 6.61 Å². The van der Waals surface area contributed by atoms with Crippen LogP contribution in [0.25, 0.3) is 5.00 Å². The number of aromatic nitrogens is 1. The van der Waals surface area contributed by atoms with E-state index in [1.165, 1.54) is 12.1 Å². The van der Waals surface area contributed by atoms with Crippen LogP contribution in [0.4, 0.5) is 4.39 Å². The lowest BCUT2D eigenvalue weighted by Crippen LogP contribution is -2.11. The molecule has 1 aromatic carbocycles. The van der Waals surface area contributed by atoms with Crippen molar-refractivity contribution in [3.63, 3.8) is 0 Å². The van der Waals surface area contributed by atoms with Crippen molar-refractivity contribution in [2.75, 3.05) is 0 Å². The van der Waals surface area contributed by atoms with Crippen molar-refractivity contribution in [1.29, 1.82) is 0 Å². The summed E-state index contributed by atoms with van der Waals surface area (Å²) < 4.78 is 15.2. The van der Waals surface area contributed by atoms with Gasteiger partial charge in [-0.2, -0.15) is 0 Å². The molecule has 0 bridgehead atoms. The Morgan fingerprint density at radius 2 is 2.00 bits per heavy atom. The zero-order chi connectivity index (χ0) is 14.2. The summed E-state index contributed by atoms with van der Waals surface area (Å²) in [5.74, 6) is -0.260. The zero-order valence-electron chi connectivity index (χ0n) is 11.0. The number of benzene rings is 1. The SMILES string of the molecule is Fc1ccc(/C2=N/OCc3cccn3-c3sccc32)cc1. The Balaban J connectivity index is 1.89. The zero-order valence-corrected chi connectivity index (χ0v) is 11.8. The molecule has 0 fully saturated rings. The van der Waals surface area contributed by atoms with Gasteiger partial charge >= 0.3 is 0 Å². The first-order chi connectivity index (χ1) is 10.3. The van der Waals surface area contributed by atoms with Gasteiger partial charge in [0.1, 0.15) is 16.5 Å². The van der Waals surface area contributed by atoms with Crippen LogP contribution in [0.15, 0.2) is 59.2 Å². The van der Waals surface area contributed by atoms with Crippen LogP contribution in [-0.2, 0) is 11.4 Å². The lowest BCUT2D eigenvalue weighted by molar-refractivity contribution is 0.126. The molecule has 5 heteroatoms. The van der Waals surface area contributed by atoms with Crippen LogP contribution in [0.3, 0.4) is 0 Å². The molecule has 2 aromatic heterocycles. The van der Waals surface area contributed by atoms with Crippen molar-refractivity contribution in [1.82, 2.24) is 4.57 Å². The number of hydrogen-bond acceptors (Lipinski definition) is 3. The molecular weight excluding hydrogens is 287 g/mol. The van der Waals surface area contributed by atoms with Crippen LogP contribution in [0, 0.1) is 5.82 Å². The molecule has 21 heavy (non-hydrogen) atoms. The van der Waals surface area contributed by atoms with Gasteiger partial charge in [-0.25, -0.2) is 4.39 Å². The third-order valence-electron chi connectivity index (χ3n) is 3.44. The summed E-state index contributed by atoms with van der Waals surface area (Å²) in [7, 11) is 0. The second-order valence-corrected chi connectivity index (χ2v) is 5.62. The minimum absolute atomic E-state index is 0.260. The van der Waals surface area contributed by atoms with E-state index < -0.39 is 0 Å². The van der Waals surface area contributed by atoms with Crippen LogP contribution in [0.1, 0.15) is 16.8 Å². The van der Waals surface area contributed by atoms with Crippen LogP contribution in [-0.4, -0.2) is 10.3 Å². The molecule has 0 radical (unpaired) electrons. The molecule has 3 aromatic rings. The molecule has 1 aliphatic heterocycles. The fourth-order valence-corrected chi connectivity index (χ4v) is 3.34. The minimum atomic E-state index is -0.260. The lowest BCUT2D eigenvalue weighted by atomic mass is 10.0. The molecule has 0 spiro atoms. The average Bonchev–Trinajstić information content (AvgIpc) is 3.11. The maximum atomic E-state index is 13.1. The number of thiophene rings is 1. The van der Waals surface area contributed by atoms with Gasteiger partial charge < -0.3 is 9.40 Å². The highest BCUT2D eigenvalue weighted by atomic mass is 32.1. The van der Waals surface area contributed by atoms with Gasteiger partial charge in [0.25, 0.3) is 0 Å². The first-order valence-electron chi connectivity index (χ1n) is 6.53. The molecule has 0 saturated heterocycles. The number of hydrogen-bond donors (Lipinski definition) is 0. The predicted octanol–water partition coefficient (Wildman–Crippen LogP) is 3.96. The number of nitrogens with zero attached hydrogens (tertiary/aromatic N) is 2. The molecule has 0 N–H and O–H groups in total. The van der Waals surface area contributed by atoms with E-state index in [2.05, 4.69) is 9.72 Å². The van der Waals surface area contributed by atoms with Gasteiger partial charge in [-0.05, 0) is 47.8 Å². The van der Waals surface area contributed by atoms with E-state index >= 15 is 0 Å². The molecular formula is C16H11FN2OS. The van der Waals surface area contributed by atoms with Gasteiger partial charge in [-0.3, -0.25) is 0 Å². The van der Waals surface area contributed by atoms with Crippen LogP contribution < -0.4 is 0 Å². The van der Waals surface area contributed by atoms with Gasteiger partial charge in [0.05, 0.1) is 5.69 Å². The second kappa shape index (κ2) is 4.86. The van der Waals surface area contributed by atoms with Crippen molar-refractivity contribution in [3.8, 4) is 5.00 Å². The summed E-state index contributed by atoms with van der Waals surface area (Å²) in [5, 5.41) is 7.39. The summed E-state index contributed by atoms with van der Waals surface area (Å²) >= 11 is 1.65. The van der Waals surface area contributed by atoms with Crippen LogP contribution in [0.2, 0.25) is 0 Å². The normalized spacial score (nSPS) is 16.0. The molecule has 104 valence electrons. The number of rotatable bonds is 1. The fourth-order valence-electron chi connectivity index (χ4n) is 2.43. The quantitative estimate of drug-likeness (QED) is 0.668. The third-order valence-corrected chi connectivity index (χ3v) is 4.35. The topological polar surface area (TPSA) is 26.5 Å². The lowest BCUT2D eigenvalue weighted by Gasteiger charge is -2.15. The van der Waals surface area contributed by atoms with E-state index in [0.29, 0.717) is 6.61 Å². The predicted molar refractivity (Wildman–Crippen MR) is 80.5 cm³/mol. The molecule has 0 unspecified atom stereocenters. The first-order valence-corrected chi connectivity index (χ1v) is 7.41. The largest absolute Gasteiger partial charge is 0.389 e. The summed E-state index contributed by atoms with van der Waals surface area (Å²) in [6, 6.07) is 12.3. The Morgan fingerprint density at radius 3 is 2.86 bits per heavy atom. The van der Waals surface area contributed by atoms with E-state index in [0.717, 1.165) is 27.5 Å². The summed E-state index contributed by atoms with van der Waals surface area (Å²) in [6.07, 6.45) is 2.02. The second-order valence-electron chi connectivity index (χ2n) is 4.73. The molecule has 3 heterocycles. The van der Waals surface area contributed by atoms with Crippen molar-refractivity contribution in [2.24, 2.45) is 5.16 Å². The molecule has 0 atom stereocenters. The van der Waals surface area contributed by atoms with E-state index in [4.69, 9.17) is 4.84 Å². The Labute approximate surface area is 124 Å². The molecule has 0 amide bonds. The van der Waals surface area contributed by atoms with Crippen LogP contribution >= 0.6 is 11.3 Å². The van der Waals surface area contributed by atoms with Crippen molar-refractivity contribution >= 4 is 17.0 Å². The maximum Gasteiger partial charge on any atom is 0.157 e. The highest BCUT2D eigenvalue weighted by Crippen LogP contribution is 2.28. The Morgan fingerprint density at radius 1 is 1.14 bits per heavy atom. The minimum Gasteiger partial charge on any atom is -0.389 e. The highest BCUT2D eigenvalue weighted by molar-refractivity contribution is 7.13. The number of oxime groups is 1. The Kier molecular flexibility index (Phi) is 2.86. The molecule has 1 aliphatic rings. The summed E-state index contributed by atoms with van der Waals surface area (Å²) in [5.41, 5.74) is 3.61. The molecule has 4 rings (SSSR count). The monoisotopic (exact) mass is 298 g/mol. The summed E-state index contributed by atoms with van der Waals surface area (Å²) in [4.78, 5) is 5.46. The van der Waals surface area contributed by atoms with E-state index in [1.807, 2.05) is 29.8 Å². The van der Waals surface area contributed by atoms with Crippen molar-refractivity contribution in [3.05, 3.63) is 76.7 Å². The van der Waals surface area contributed by atoms with Gasteiger partial charge in [0, 0.05) is 17.3 Å². The average molecular weight is 298 g/mol. The Bertz CT molecular complexity index is 817.